The van der Waals surface area contributed by atoms with Crippen molar-refractivity contribution in [2.45, 2.75) is 0 Å². The number of hydrogen-bond donors (Lipinski definition) is 0. The summed E-state index contributed by atoms with van der Waals surface area (Å²) in [5, 5.41) is 0. The molecule has 0 atom stereocenters. The Kier molecular flexibility index (Phi) is 5.30. The molecular formula is C20H18O7. The van der Waals surface area contributed by atoms with Crippen molar-refractivity contribution in [2.75, 3.05) is 27.9 Å². The first kappa shape index (κ1) is 18.3. The zero-order valence-corrected chi connectivity index (χ0v) is 15.1. The molecule has 0 aromatic heterocycles. The van der Waals surface area contributed by atoms with E-state index in [4.69, 9.17) is 18.9 Å². The molecule has 1 aliphatic rings. The van der Waals surface area contributed by atoms with Gasteiger partial charge in [-0.3, -0.25) is 4.79 Å². The molecule has 0 N–H and O–H groups in total. The molecule has 2 aromatic carbocycles. The van der Waals surface area contributed by atoms with Crippen LogP contribution in [0.3, 0.4) is 0 Å². The molecular weight excluding hydrogens is 352 g/mol. The Balaban J connectivity index is 1.86. The SMILES string of the molecule is COC(=O)COc1ccc2c(c1)O/C(=C/c1cccc(OC)c1OC)C2=O. The normalized spacial score (nSPS) is 13.7. The topological polar surface area (TPSA) is 80.3 Å². The van der Waals surface area contributed by atoms with Crippen LogP contribution in [0.5, 0.6) is 23.0 Å². The van der Waals surface area contributed by atoms with Crippen LogP contribution >= 0.6 is 0 Å². The fourth-order valence-corrected chi connectivity index (χ4v) is 2.63. The van der Waals surface area contributed by atoms with E-state index in [1.165, 1.54) is 21.3 Å². The Hall–Kier alpha value is -3.48. The van der Waals surface area contributed by atoms with Crippen molar-refractivity contribution in [1.29, 1.82) is 0 Å². The number of para-hydroxylation sites is 1. The van der Waals surface area contributed by atoms with Gasteiger partial charge in [-0.1, -0.05) is 12.1 Å². The van der Waals surface area contributed by atoms with Crippen molar-refractivity contribution < 1.29 is 33.3 Å². The molecule has 0 radical (unpaired) electrons. The number of hydrogen-bond acceptors (Lipinski definition) is 7. The highest BCUT2D eigenvalue weighted by Crippen LogP contribution is 2.37. The zero-order valence-electron chi connectivity index (χ0n) is 15.1. The summed E-state index contributed by atoms with van der Waals surface area (Å²) in [5.41, 5.74) is 1.06. The van der Waals surface area contributed by atoms with Crippen molar-refractivity contribution >= 4 is 17.8 Å². The highest BCUT2D eigenvalue weighted by molar-refractivity contribution is 6.14. The largest absolute Gasteiger partial charge is 0.493 e. The molecule has 1 aliphatic heterocycles. The van der Waals surface area contributed by atoms with Crippen LogP contribution in [-0.2, 0) is 9.53 Å². The number of esters is 1. The van der Waals surface area contributed by atoms with Gasteiger partial charge in [-0.25, -0.2) is 4.79 Å². The van der Waals surface area contributed by atoms with Crippen molar-refractivity contribution in [3.05, 3.63) is 53.3 Å². The molecule has 27 heavy (non-hydrogen) atoms. The summed E-state index contributed by atoms with van der Waals surface area (Å²) in [4.78, 5) is 23.8. The van der Waals surface area contributed by atoms with Crippen LogP contribution in [0.25, 0.3) is 6.08 Å². The van der Waals surface area contributed by atoms with Gasteiger partial charge in [0.05, 0.1) is 26.9 Å². The summed E-state index contributed by atoms with van der Waals surface area (Å²) in [6.07, 6.45) is 1.60. The summed E-state index contributed by atoms with van der Waals surface area (Å²) in [6, 6.07) is 10.1. The van der Waals surface area contributed by atoms with Gasteiger partial charge in [-0.15, -0.1) is 0 Å². The number of carbonyl (C=O) groups excluding carboxylic acids is 2. The highest BCUT2D eigenvalue weighted by atomic mass is 16.6. The maximum absolute atomic E-state index is 12.6. The zero-order chi connectivity index (χ0) is 19.4. The second kappa shape index (κ2) is 7.82. The van der Waals surface area contributed by atoms with E-state index in [1.807, 2.05) is 0 Å². The molecule has 0 fully saturated rings. The van der Waals surface area contributed by atoms with Gasteiger partial charge < -0.3 is 23.7 Å². The third-order valence-electron chi connectivity index (χ3n) is 3.95. The third-order valence-corrected chi connectivity index (χ3v) is 3.95. The summed E-state index contributed by atoms with van der Waals surface area (Å²) in [6.45, 7) is -0.229. The number of ether oxygens (including phenoxy) is 5. The van der Waals surface area contributed by atoms with Gasteiger partial charge in [0.25, 0.3) is 0 Å². The molecule has 0 saturated carbocycles. The summed E-state index contributed by atoms with van der Waals surface area (Å²) < 4.78 is 26.2. The third kappa shape index (κ3) is 3.72. The van der Waals surface area contributed by atoms with Gasteiger partial charge in [0.2, 0.25) is 5.78 Å². The van der Waals surface area contributed by atoms with E-state index in [2.05, 4.69) is 4.74 Å². The van der Waals surface area contributed by atoms with Crippen LogP contribution in [0.15, 0.2) is 42.2 Å². The molecule has 1 heterocycles. The summed E-state index contributed by atoms with van der Waals surface area (Å²) in [7, 11) is 4.34. The van der Waals surface area contributed by atoms with Crippen LogP contribution in [0.1, 0.15) is 15.9 Å². The predicted octanol–water partition coefficient (Wildman–Crippen LogP) is 2.87. The molecule has 0 saturated heterocycles. The Morgan fingerprint density at radius 3 is 2.63 bits per heavy atom. The van der Waals surface area contributed by atoms with E-state index in [9.17, 15) is 9.59 Å². The maximum Gasteiger partial charge on any atom is 0.343 e. The number of benzene rings is 2. The molecule has 0 amide bonds. The van der Waals surface area contributed by atoms with Crippen LogP contribution < -0.4 is 18.9 Å². The number of Topliss-reactive ketones (excluding diaryl/α,β-unsaturated/α-hetero) is 1. The van der Waals surface area contributed by atoms with E-state index in [1.54, 1.807) is 42.5 Å². The lowest BCUT2D eigenvalue weighted by Crippen LogP contribution is -2.12. The van der Waals surface area contributed by atoms with Crippen molar-refractivity contribution in [1.82, 2.24) is 0 Å². The highest BCUT2D eigenvalue weighted by Gasteiger charge is 2.28. The van der Waals surface area contributed by atoms with E-state index < -0.39 is 5.97 Å². The fraction of sp³-hybridized carbons (Fsp3) is 0.200. The molecule has 0 unspecified atom stereocenters. The molecule has 0 spiro atoms. The minimum absolute atomic E-state index is 0.154. The van der Waals surface area contributed by atoms with Gasteiger partial charge in [0, 0.05) is 11.6 Å². The average molecular weight is 370 g/mol. The van der Waals surface area contributed by atoms with Crippen molar-refractivity contribution in [2.24, 2.45) is 0 Å². The predicted molar refractivity (Wildman–Crippen MR) is 96.4 cm³/mol. The molecule has 0 aliphatic carbocycles. The average Bonchev–Trinajstić information content (AvgIpc) is 3.00. The smallest absolute Gasteiger partial charge is 0.343 e. The first-order valence-electron chi connectivity index (χ1n) is 8.06. The van der Waals surface area contributed by atoms with Gasteiger partial charge in [0.15, 0.2) is 23.9 Å². The fourth-order valence-electron chi connectivity index (χ4n) is 2.63. The number of methoxy groups -OCH3 is 3. The monoisotopic (exact) mass is 370 g/mol. The number of allylic oxidation sites excluding steroid dienone is 1. The number of rotatable bonds is 6. The van der Waals surface area contributed by atoms with Gasteiger partial charge in [-0.05, 0) is 24.3 Å². The van der Waals surface area contributed by atoms with Crippen LogP contribution in [0.4, 0.5) is 0 Å². The van der Waals surface area contributed by atoms with E-state index >= 15 is 0 Å². The standard InChI is InChI=1S/C20H18O7/c1-23-15-6-4-5-12(20(15)25-3)9-17-19(22)14-8-7-13(10-16(14)27-17)26-11-18(21)24-2/h4-10H,11H2,1-3H3/b17-9+. The minimum Gasteiger partial charge on any atom is -0.493 e. The number of ketones is 1. The molecule has 7 heteroatoms. The molecule has 0 bridgehead atoms. The Labute approximate surface area is 156 Å². The lowest BCUT2D eigenvalue weighted by atomic mass is 10.1. The van der Waals surface area contributed by atoms with E-state index in [0.717, 1.165) is 0 Å². The van der Waals surface area contributed by atoms with Crippen molar-refractivity contribution in [3.63, 3.8) is 0 Å². The van der Waals surface area contributed by atoms with E-state index in [0.29, 0.717) is 34.1 Å². The quantitative estimate of drug-likeness (QED) is 0.571. The summed E-state index contributed by atoms with van der Waals surface area (Å²) >= 11 is 0. The molecule has 3 rings (SSSR count). The first-order valence-corrected chi connectivity index (χ1v) is 8.06. The lowest BCUT2D eigenvalue weighted by Gasteiger charge is -2.10. The van der Waals surface area contributed by atoms with E-state index in [-0.39, 0.29) is 18.1 Å². The minimum atomic E-state index is -0.502. The van der Waals surface area contributed by atoms with Crippen LogP contribution in [-0.4, -0.2) is 39.7 Å². The maximum atomic E-state index is 12.6. The second-order valence-electron chi connectivity index (χ2n) is 5.55. The first-order chi connectivity index (χ1) is 13.1. The summed E-state index contributed by atoms with van der Waals surface area (Å²) in [5.74, 6) is 1.20. The molecule has 2 aromatic rings. The number of fused-ring (bicyclic) bond motifs is 1. The van der Waals surface area contributed by atoms with Gasteiger partial charge in [-0.2, -0.15) is 0 Å². The lowest BCUT2D eigenvalue weighted by molar-refractivity contribution is -0.142. The van der Waals surface area contributed by atoms with Crippen LogP contribution in [0.2, 0.25) is 0 Å². The Bertz CT molecular complexity index is 915. The van der Waals surface area contributed by atoms with Gasteiger partial charge >= 0.3 is 5.97 Å². The Morgan fingerprint density at radius 1 is 1.11 bits per heavy atom. The van der Waals surface area contributed by atoms with Crippen LogP contribution in [0, 0.1) is 0 Å². The second-order valence-corrected chi connectivity index (χ2v) is 5.55. The van der Waals surface area contributed by atoms with Crippen molar-refractivity contribution in [3.8, 4) is 23.0 Å². The Morgan fingerprint density at radius 2 is 1.93 bits per heavy atom. The molecule has 140 valence electrons. The molecule has 7 nitrogen and oxygen atoms in total. The van der Waals surface area contributed by atoms with Gasteiger partial charge in [0.1, 0.15) is 11.5 Å². The number of carbonyl (C=O) groups is 2.